The Hall–Kier alpha value is -3.29. The highest BCUT2D eigenvalue weighted by atomic mass is 35.5. The van der Waals surface area contributed by atoms with E-state index in [0.717, 1.165) is 53.8 Å². The van der Waals surface area contributed by atoms with Crippen molar-refractivity contribution in [3.8, 4) is 11.5 Å². The second-order valence-electron chi connectivity index (χ2n) is 7.11. The Bertz CT molecular complexity index is 1010. The minimum absolute atomic E-state index is 0.558. The molecule has 1 saturated heterocycles. The lowest BCUT2D eigenvalue weighted by Crippen LogP contribution is -2.43. The van der Waals surface area contributed by atoms with Crippen LogP contribution >= 0.6 is 11.6 Å². The van der Waals surface area contributed by atoms with Gasteiger partial charge in [0.05, 0.1) is 0 Å². The van der Waals surface area contributed by atoms with E-state index in [1.54, 1.807) is 0 Å². The molecule has 162 valence electrons. The highest BCUT2D eigenvalue weighted by Crippen LogP contribution is 2.40. The summed E-state index contributed by atoms with van der Waals surface area (Å²) in [4.78, 5) is 23.9. The van der Waals surface area contributed by atoms with Crippen molar-refractivity contribution < 1.29 is 24.5 Å². The van der Waals surface area contributed by atoms with Crippen molar-refractivity contribution in [3.05, 3.63) is 70.8 Å². The Morgan fingerprint density at radius 2 is 1.61 bits per heavy atom. The van der Waals surface area contributed by atoms with Crippen LogP contribution in [0.3, 0.4) is 0 Å². The fourth-order valence-corrected chi connectivity index (χ4v) is 3.45. The van der Waals surface area contributed by atoms with Gasteiger partial charge < -0.3 is 24.7 Å². The van der Waals surface area contributed by atoms with Gasteiger partial charge in [-0.15, -0.1) is 0 Å². The van der Waals surface area contributed by atoms with Gasteiger partial charge in [0.15, 0.2) is 0 Å². The summed E-state index contributed by atoms with van der Waals surface area (Å²) in [5.74, 6) is -0.760. The van der Waals surface area contributed by atoms with E-state index in [9.17, 15) is 9.59 Å². The van der Waals surface area contributed by atoms with E-state index in [2.05, 4.69) is 29.0 Å². The summed E-state index contributed by atoms with van der Waals surface area (Å²) in [5, 5.41) is 16.4. The minimum Gasteiger partial charge on any atom is -0.478 e. The summed E-state index contributed by atoms with van der Waals surface area (Å²) in [5.41, 5.74) is 3.37. The number of aliphatic carboxylic acids is 2. The standard InChI is InChI=1S/C19H19ClN2O.C4H4O4/c1-21-8-10-22(11-9-21)17-12-14-4-2-3-5-18(14)23-19-7-6-15(20)13-16(17)19;5-3(6)1-2-4(7)8/h2-7,12-13H,8-11H2,1H3;1-2H,(H,5,6)(H,7,8). The van der Waals surface area contributed by atoms with Gasteiger partial charge in [-0.25, -0.2) is 9.59 Å². The monoisotopic (exact) mass is 442 g/mol. The van der Waals surface area contributed by atoms with Gasteiger partial charge in [0.1, 0.15) is 11.5 Å². The first-order valence-corrected chi connectivity index (χ1v) is 10.1. The number of para-hydroxylation sites is 1. The smallest absolute Gasteiger partial charge is 0.328 e. The van der Waals surface area contributed by atoms with Crippen LogP contribution in [-0.2, 0) is 9.59 Å². The molecule has 2 aromatic carbocycles. The first-order chi connectivity index (χ1) is 14.8. The molecule has 2 aromatic rings. The Kier molecular flexibility index (Phi) is 7.33. The Balaban J connectivity index is 0.000000293. The third-order valence-electron chi connectivity index (χ3n) is 4.86. The van der Waals surface area contributed by atoms with Crippen molar-refractivity contribution >= 4 is 35.3 Å². The second kappa shape index (κ2) is 10.1. The molecular weight excluding hydrogens is 420 g/mol. The highest BCUT2D eigenvalue weighted by molar-refractivity contribution is 6.30. The summed E-state index contributed by atoms with van der Waals surface area (Å²) in [6.07, 6.45) is 3.34. The fourth-order valence-electron chi connectivity index (χ4n) is 3.28. The van der Waals surface area contributed by atoms with Crippen molar-refractivity contribution in [2.24, 2.45) is 0 Å². The number of hydrogen-bond acceptors (Lipinski definition) is 5. The summed E-state index contributed by atoms with van der Waals surface area (Å²) < 4.78 is 6.15. The second-order valence-corrected chi connectivity index (χ2v) is 7.55. The molecule has 2 heterocycles. The molecule has 0 bridgehead atoms. The van der Waals surface area contributed by atoms with Gasteiger partial charge in [-0.2, -0.15) is 0 Å². The number of fused-ring (bicyclic) bond motifs is 2. The number of halogens is 1. The maximum atomic E-state index is 9.55. The average Bonchev–Trinajstić information content (AvgIpc) is 2.90. The molecular formula is C23H23ClN2O5. The van der Waals surface area contributed by atoms with E-state index in [1.807, 2.05) is 36.4 Å². The number of likely N-dealkylation sites (N-methyl/N-ethyl adjacent to an activating group) is 1. The van der Waals surface area contributed by atoms with Gasteiger partial charge in [0.2, 0.25) is 0 Å². The van der Waals surface area contributed by atoms with E-state index >= 15 is 0 Å². The van der Waals surface area contributed by atoms with Crippen LogP contribution in [0.2, 0.25) is 5.02 Å². The lowest BCUT2D eigenvalue weighted by atomic mass is 10.1. The molecule has 31 heavy (non-hydrogen) atoms. The van der Waals surface area contributed by atoms with Crippen LogP contribution < -0.4 is 4.74 Å². The quantitative estimate of drug-likeness (QED) is 0.696. The third kappa shape index (κ3) is 6.10. The van der Waals surface area contributed by atoms with E-state index in [1.165, 1.54) is 5.70 Å². The molecule has 2 aliphatic rings. The number of carbonyl (C=O) groups is 2. The fraction of sp³-hybridized carbons (Fsp3) is 0.217. The van der Waals surface area contributed by atoms with Crippen molar-refractivity contribution in [1.82, 2.24) is 9.80 Å². The molecule has 0 unspecified atom stereocenters. The molecule has 2 N–H and O–H groups in total. The average molecular weight is 443 g/mol. The van der Waals surface area contributed by atoms with Crippen LogP contribution in [0.1, 0.15) is 11.1 Å². The van der Waals surface area contributed by atoms with Crippen molar-refractivity contribution in [2.45, 2.75) is 0 Å². The molecule has 0 spiro atoms. The Morgan fingerprint density at radius 3 is 2.26 bits per heavy atom. The molecule has 0 aromatic heterocycles. The summed E-state index contributed by atoms with van der Waals surface area (Å²) in [6, 6.07) is 14.0. The molecule has 0 aliphatic carbocycles. The molecule has 1 fully saturated rings. The van der Waals surface area contributed by atoms with Crippen LogP contribution in [0.5, 0.6) is 11.5 Å². The minimum atomic E-state index is -1.26. The van der Waals surface area contributed by atoms with E-state index in [0.29, 0.717) is 12.2 Å². The van der Waals surface area contributed by atoms with Crippen molar-refractivity contribution in [2.75, 3.05) is 33.2 Å². The SMILES string of the molecule is CN1CCN(C2=Cc3ccccc3Oc3ccc(Cl)cc32)CC1.O=C(O)C=CC(=O)O. The van der Waals surface area contributed by atoms with Gasteiger partial charge in [0, 0.05) is 60.2 Å². The molecule has 0 amide bonds. The lowest BCUT2D eigenvalue weighted by molar-refractivity contribution is -0.134. The largest absolute Gasteiger partial charge is 0.478 e. The third-order valence-corrected chi connectivity index (χ3v) is 5.10. The van der Waals surface area contributed by atoms with Gasteiger partial charge in [-0.05, 0) is 37.4 Å². The number of ether oxygens (including phenoxy) is 1. The van der Waals surface area contributed by atoms with Crippen LogP contribution in [0.4, 0.5) is 0 Å². The molecule has 4 rings (SSSR count). The van der Waals surface area contributed by atoms with E-state index in [4.69, 9.17) is 26.6 Å². The Labute approximate surface area is 185 Å². The number of carboxylic acid groups (broad SMARTS) is 2. The zero-order valence-electron chi connectivity index (χ0n) is 17.0. The summed E-state index contributed by atoms with van der Waals surface area (Å²) in [6.45, 7) is 4.15. The van der Waals surface area contributed by atoms with Crippen LogP contribution in [0.25, 0.3) is 11.8 Å². The predicted molar refractivity (Wildman–Crippen MR) is 119 cm³/mol. The zero-order chi connectivity index (χ0) is 22.4. The van der Waals surface area contributed by atoms with Crippen molar-refractivity contribution in [1.29, 1.82) is 0 Å². The molecule has 7 nitrogen and oxygen atoms in total. The van der Waals surface area contributed by atoms with Crippen LogP contribution in [0.15, 0.2) is 54.6 Å². The maximum Gasteiger partial charge on any atom is 0.328 e. The molecule has 0 radical (unpaired) electrons. The first-order valence-electron chi connectivity index (χ1n) is 9.69. The highest BCUT2D eigenvalue weighted by Gasteiger charge is 2.23. The Morgan fingerprint density at radius 1 is 0.968 bits per heavy atom. The molecule has 0 atom stereocenters. The number of piperazine rings is 1. The normalized spacial score (nSPS) is 15.5. The van der Waals surface area contributed by atoms with Crippen LogP contribution in [-0.4, -0.2) is 65.2 Å². The topological polar surface area (TPSA) is 90.3 Å². The number of benzene rings is 2. The lowest BCUT2D eigenvalue weighted by Gasteiger charge is -2.35. The number of hydrogen-bond donors (Lipinski definition) is 2. The predicted octanol–water partition coefficient (Wildman–Crippen LogP) is 3.90. The summed E-state index contributed by atoms with van der Waals surface area (Å²) in [7, 11) is 2.17. The van der Waals surface area contributed by atoms with Gasteiger partial charge in [-0.3, -0.25) is 0 Å². The molecule has 2 aliphatic heterocycles. The maximum absolute atomic E-state index is 9.55. The number of rotatable bonds is 3. The molecule has 8 heteroatoms. The van der Waals surface area contributed by atoms with Crippen molar-refractivity contribution in [3.63, 3.8) is 0 Å². The number of carboxylic acids is 2. The number of nitrogens with zero attached hydrogens (tertiary/aromatic N) is 2. The van der Waals surface area contributed by atoms with Crippen LogP contribution in [0, 0.1) is 0 Å². The first kappa shape index (κ1) is 22.4. The zero-order valence-corrected chi connectivity index (χ0v) is 17.7. The van der Waals surface area contributed by atoms with Gasteiger partial charge in [-0.1, -0.05) is 29.8 Å². The summed E-state index contributed by atoms with van der Waals surface area (Å²) >= 11 is 6.26. The van der Waals surface area contributed by atoms with Gasteiger partial charge in [0.25, 0.3) is 0 Å². The van der Waals surface area contributed by atoms with Gasteiger partial charge >= 0.3 is 11.9 Å². The van der Waals surface area contributed by atoms with E-state index in [-0.39, 0.29) is 0 Å². The molecule has 0 saturated carbocycles. The van der Waals surface area contributed by atoms with E-state index < -0.39 is 11.9 Å².